The van der Waals surface area contributed by atoms with Crippen LogP contribution in [-0.4, -0.2) is 39.0 Å². The van der Waals surface area contributed by atoms with E-state index in [1.54, 1.807) is 7.11 Å². The van der Waals surface area contributed by atoms with Crippen LogP contribution in [-0.2, 0) is 9.47 Å². The van der Waals surface area contributed by atoms with E-state index in [1.807, 2.05) is 7.11 Å². The fourth-order valence-electron chi connectivity index (χ4n) is 2.41. The number of rotatable bonds is 5. The summed E-state index contributed by atoms with van der Waals surface area (Å²) in [4.78, 5) is 0. The Bertz CT molecular complexity index is 164. The zero-order valence-electron chi connectivity index (χ0n) is 10.3. The summed E-state index contributed by atoms with van der Waals surface area (Å²) in [6, 6.07) is 0.915. The van der Waals surface area contributed by atoms with Crippen LogP contribution in [0.5, 0.6) is 0 Å². The third kappa shape index (κ3) is 4.49. The Balaban J connectivity index is 2.40. The summed E-state index contributed by atoms with van der Waals surface area (Å²) in [5.41, 5.74) is 0. The third-order valence-electron chi connectivity index (χ3n) is 3.17. The summed E-state index contributed by atoms with van der Waals surface area (Å²) in [6.45, 7) is 2.94. The first-order valence-electron chi connectivity index (χ1n) is 6.05. The van der Waals surface area contributed by atoms with Crippen LogP contribution in [0, 0.1) is 0 Å². The van der Waals surface area contributed by atoms with Crippen molar-refractivity contribution in [3.05, 3.63) is 0 Å². The minimum absolute atomic E-state index is 0.381. The second kappa shape index (κ2) is 7.20. The second-order valence-corrected chi connectivity index (χ2v) is 4.54. The maximum absolute atomic E-state index is 5.56. The molecule has 0 radical (unpaired) electrons. The molecule has 1 N–H and O–H groups in total. The van der Waals surface area contributed by atoms with Crippen LogP contribution in [0.25, 0.3) is 0 Å². The predicted octanol–water partition coefficient (Wildman–Crippen LogP) is 1.96. The monoisotopic (exact) mass is 215 g/mol. The van der Waals surface area contributed by atoms with Crippen molar-refractivity contribution in [1.82, 2.24) is 5.32 Å². The normalized spacial score (nSPS) is 29.8. The molecule has 3 atom stereocenters. The molecule has 90 valence electrons. The van der Waals surface area contributed by atoms with Gasteiger partial charge in [0.1, 0.15) is 0 Å². The quantitative estimate of drug-likeness (QED) is 0.711. The molecule has 15 heavy (non-hydrogen) atoms. The lowest BCUT2D eigenvalue weighted by Gasteiger charge is -2.28. The summed E-state index contributed by atoms with van der Waals surface area (Å²) >= 11 is 0. The largest absolute Gasteiger partial charge is 0.383 e. The molecule has 1 saturated carbocycles. The molecule has 0 spiro atoms. The van der Waals surface area contributed by atoms with Crippen LogP contribution in [0.2, 0.25) is 0 Å². The van der Waals surface area contributed by atoms with Crippen molar-refractivity contribution in [2.24, 2.45) is 0 Å². The van der Waals surface area contributed by atoms with Gasteiger partial charge in [0.2, 0.25) is 0 Å². The average Bonchev–Trinajstić information content (AvgIpc) is 2.43. The van der Waals surface area contributed by atoms with Crippen molar-refractivity contribution in [2.75, 3.05) is 20.8 Å². The number of hydrogen-bond donors (Lipinski definition) is 1. The minimum atomic E-state index is 0.381. The maximum atomic E-state index is 5.56. The Kier molecular flexibility index (Phi) is 6.22. The molecule has 1 rings (SSSR count). The van der Waals surface area contributed by atoms with Crippen molar-refractivity contribution >= 4 is 0 Å². The van der Waals surface area contributed by atoms with E-state index in [0.29, 0.717) is 18.2 Å². The molecule has 0 amide bonds. The summed E-state index contributed by atoms with van der Waals surface area (Å²) in [5, 5.41) is 3.61. The summed E-state index contributed by atoms with van der Waals surface area (Å²) in [7, 11) is 3.57. The highest BCUT2D eigenvalue weighted by atomic mass is 16.5. The first-order valence-corrected chi connectivity index (χ1v) is 6.05. The van der Waals surface area contributed by atoms with Crippen molar-refractivity contribution in [2.45, 2.75) is 57.2 Å². The molecule has 3 heteroatoms. The smallest absolute Gasteiger partial charge is 0.0724 e. The van der Waals surface area contributed by atoms with Crippen LogP contribution in [0.4, 0.5) is 0 Å². The zero-order valence-corrected chi connectivity index (χ0v) is 10.3. The van der Waals surface area contributed by atoms with E-state index in [4.69, 9.17) is 9.47 Å². The van der Waals surface area contributed by atoms with E-state index in [2.05, 4.69) is 12.2 Å². The molecule has 0 aromatic rings. The van der Waals surface area contributed by atoms with Gasteiger partial charge < -0.3 is 14.8 Å². The lowest BCUT2D eigenvalue weighted by atomic mass is 10.1. The van der Waals surface area contributed by atoms with Gasteiger partial charge in [-0.1, -0.05) is 19.3 Å². The average molecular weight is 215 g/mol. The van der Waals surface area contributed by atoms with E-state index in [1.165, 1.54) is 32.1 Å². The Morgan fingerprint density at radius 2 is 1.93 bits per heavy atom. The Hall–Kier alpha value is -0.120. The Morgan fingerprint density at radius 3 is 2.60 bits per heavy atom. The number of methoxy groups -OCH3 is 2. The van der Waals surface area contributed by atoms with E-state index in [-0.39, 0.29) is 0 Å². The number of nitrogens with one attached hydrogen (secondary N) is 1. The summed E-state index contributed by atoms with van der Waals surface area (Å²) in [6.07, 6.45) is 6.76. The number of hydrogen-bond acceptors (Lipinski definition) is 3. The highest BCUT2D eigenvalue weighted by molar-refractivity contribution is 4.82. The fourth-order valence-corrected chi connectivity index (χ4v) is 2.41. The molecule has 0 aromatic heterocycles. The first-order chi connectivity index (χ1) is 7.27. The molecule has 1 aliphatic rings. The molecule has 1 aliphatic carbocycles. The zero-order chi connectivity index (χ0) is 11.1. The highest BCUT2D eigenvalue weighted by Crippen LogP contribution is 2.20. The lowest BCUT2D eigenvalue weighted by Crippen LogP contribution is -2.46. The van der Waals surface area contributed by atoms with E-state index in [0.717, 1.165) is 6.61 Å². The van der Waals surface area contributed by atoms with E-state index >= 15 is 0 Å². The predicted molar refractivity (Wildman–Crippen MR) is 62.1 cm³/mol. The molecular formula is C12H25NO2. The standard InChI is InChI=1S/C12H25NO2/c1-10(9-14-2)13-11-7-5-4-6-8-12(11)15-3/h10-13H,4-9H2,1-3H3. The lowest BCUT2D eigenvalue weighted by molar-refractivity contribution is 0.0539. The maximum Gasteiger partial charge on any atom is 0.0724 e. The van der Waals surface area contributed by atoms with Gasteiger partial charge in [-0.3, -0.25) is 0 Å². The van der Waals surface area contributed by atoms with E-state index < -0.39 is 0 Å². The van der Waals surface area contributed by atoms with Gasteiger partial charge in [0.05, 0.1) is 12.7 Å². The van der Waals surface area contributed by atoms with Gasteiger partial charge in [0.25, 0.3) is 0 Å². The van der Waals surface area contributed by atoms with Gasteiger partial charge >= 0.3 is 0 Å². The van der Waals surface area contributed by atoms with Crippen molar-refractivity contribution in [3.8, 4) is 0 Å². The number of ether oxygens (including phenoxy) is 2. The molecule has 3 unspecified atom stereocenters. The third-order valence-corrected chi connectivity index (χ3v) is 3.17. The molecule has 0 saturated heterocycles. The summed E-state index contributed by atoms with van der Waals surface area (Å²) < 4.78 is 10.7. The molecule has 1 fully saturated rings. The van der Waals surface area contributed by atoms with E-state index in [9.17, 15) is 0 Å². The van der Waals surface area contributed by atoms with Crippen LogP contribution in [0.15, 0.2) is 0 Å². The molecule has 0 aromatic carbocycles. The van der Waals surface area contributed by atoms with Crippen LogP contribution >= 0.6 is 0 Å². The topological polar surface area (TPSA) is 30.5 Å². The van der Waals surface area contributed by atoms with Crippen molar-refractivity contribution in [1.29, 1.82) is 0 Å². The van der Waals surface area contributed by atoms with Gasteiger partial charge in [-0.15, -0.1) is 0 Å². The molecule has 0 heterocycles. The second-order valence-electron chi connectivity index (χ2n) is 4.54. The molecular weight excluding hydrogens is 190 g/mol. The van der Waals surface area contributed by atoms with Crippen molar-refractivity contribution in [3.63, 3.8) is 0 Å². The molecule has 3 nitrogen and oxygen atoms in total. The molecule has 0 bridgehead atoms. The van der Waals surface area contributed by atoms with Gasteiger partial charge in [0, 0.05) is 26.3 Å². The Morgan fingerprint density at radius 1 is 1.20 bits per heavy atom. The van der Waals surface area contributed by atoms with Gasteiger partial charge in [0.15, 0.2) is 0 Å². The van der Waals surface area contributed by atoms with Crippen molar-refractivity contribution < 1.29 is 9.47 Å². The molecule has 0 aliphatic heterocycles. The van der Waals surface area contributed by atoms with Gasteiger partial charge in [-0.25, -0.2) is 0 Å². The van der Waals surface area contributed by atoms with Gasteiger partial charge in [-0.2, -0.15) is 0 Å². The van der Waals surface area contributed by atoms with Gasteiger partial charge in [-0.05, 0) is 19.8 Å². The minimum Gasteiger partial charge on any atom is -0.383 e. The van der Waals surface area contributed by atoms with Crippen LogP contribution in [0.1, 0.15) is 39.0 Å². The SMILES string of the molecule is COCC(C)NC1CCCCCC1OC. The van der Waals surface area contributed by atoms with Crippen LogP contribution in [0.3, 0.4) is 0 Å². The fraction of sp³-hybridized carbons (Fsp3) is 1.00. The first kappa shape index (κ1) is 12.9. The highest BCUT2D eigenvalue weighted by Gasteiger charge is 2.24. The summed E-state index contributed by atoms with van der Waals surface area (Å²) in [5.74, 6) is 0. The Labute approximate surface area is 93.5 Å². The van der Waals surface area contributed by atoms with Crippen LogP contribution < -0.4 is 5.32 Å².